The summed E-state index contributed by atoms with van der Waals surface area (Å²) in [6, 6.07) is 49.0. The van der Waals surface area contributed by atoms with Crippen LogP contribution in [0, 0.1) is 37.9 Å². The summed E-state index contributed by atoms with van der Waals surface area (Å²) in [5, 5.41) is 0. The van der Waals surface area contributed by atoms with Crippen LogP contribution in [0.3, 0.4) is 0 Å². The molecule has 0 amide bonds. The zero-order valence-electron chi connectivity index (χ0n) is 83.3. The number of fused-ring (bicyclic) bond motifs is 5. The highest BCUT2D eigenvalue weighted by molar-refractivity contribution is 5.62. The maximum absolute atomic E-state index is 2.70. The number of benzene rings is 5. The molecule has 7 nitrogen and oxygen atoms in total. The van der Waals surface area contributed by atoms with Gasteiger partial charge < -0.3 is 9.80 Å². The Morgan fingerprint density at radius 3 is 0.948 bits per heavy atom. The second-order valence-electron chi connectivity index (χ2n) is 50.5. The highest BCUT2D eigenvalue weighted by Crippen LogP contribution is 2.51. The first-order valence-electron chi connectivity index (χ1n) is 45.8. The van der Waals surface area contributed by atoms with E-state index in [2.05, 4.69) is 446 Å². The molecular formula is C108H183N7. The van der Waals surface area contributed by atoms with Crippen LogP contribution in [0.4, 0.5) is 11.4 Å². The number of hydrogen-bond acceptors (Lipinski definition) is 7. The average molecular weight is 1580 g/mol. The van der Waals surface area contributed by atoms with E-state index in [9.17, 15) is 0 Å². The van der Waals surface area contributed by atoms with Crippen molar-refractivity contribution in [3.05, 3.63) is 166 Å². The molecule has 7 aliphatic rings. The van der Waals surface area contributed by atoms with E-state index in [0.717, 1.165) is 25.2 Å². The number of nitrogens with zero attached hydrogens (tertiary/aromatic N) is 7. The van der Waals surface area contributed by atoms with Crippen LogP contribution in [0.1, 0.15) is 386 Å². The van der Waals surface area contributed by atoms with Gasteiger partial charge in [0.15, 0.2) is 0 Å². The standard InChI is InChI=1S/3C17H27N.2C16H25N.C13H27N.C12H25N/c1-16(2,3)15-11-13-9-7-8-10-14(13)12-18(15)17(4,5)6;1-16(2,3)15-14-10-8-7-9-13(14)11-12-18(15)17(4,5)6;1-16(2,3)15-12-11-13-9-7-8-10-14(13)18(15)17(4,5)6;1-15(2,3)14-13-10-8-7-9-12(13)11-17(14)16(4,5)6;1-15(2,3)14-11-12-9-7-8-10-13(12)17(14)16(4,5)6;1-12(2,3)11-9-7-8-10-14(11)13(4,5)6;1-11(2,3)10-8-7-9-13(10)12(4,5)6/h3*7-10,15H,11-12H2,1-6H3;2*7-10,14H,11H2,1-6H3;11H,7-10H2,1-6H3;10H,7-9H2,1-6H3. The van der Waals surface area contributed by atoms with Gasteiger partial charge in [0.1, 0.15) is 0 Å². The van der Waals surface area contributed by atoms with Crippen LogP contribution in [-0.4, -0.2) is 113 Å². The van der Waals surface area contributed by atoms with Crippen molar-refractivity contribution < 1.29 is 0 Å². The topological polar surface area (TPSA) is 22.7 Å². The van der Waals surface area contributed by atoms with E-state index in [4.69, 9.17) is 0 Å². The summed E-state index contributed by atoms with van der Waals surface area (Å²) in [5.74, 6) is 0. The molecule has 5 aromatic carbocycles. The van der Waals surface area contributed by atoms with Gasteiger partial charge in [-0.05, 0) is 311 Å². The van der Waals surface area contributed by atoms with Gasteiger partial charge in [0.25, 0.3) is 0 Å². The third-order valence-electron chi connectivity index (χ3n) is 25.9. The Balaban J connectivity index is 0.000000209. The minimum atomic E-state index is 0.175. The van der Waals surface area contributed by atoms with Crippen molar-refractivity contribution >= 4 is 11.4 Å². The fourth-order valence-electron chi connectivity index (χ4n) is 20.4. The van der Waals surface area contributed by atoms with Crippen molar-refractivity contribution in [2.75, 3.05) is 29.4 Å². The minimum Gasteiger partial charge on any atom is -0.363 e. The molecule has 7 unspecified atom stereocenters. The smallest absolute Gasteiger partial charge is 0.0408 e. The lowest BCUT2D eigenvalue weighted by Crippen LogP contribution is -2.55. The van der Waals surface area contributed by atoms with Crippen molar-refractivity contribution in [2.45, 2.75) is 449 Å². The highest BCUT2D eigenvalue weighted by atomic mass is 15.3. The van der Waals surface area contributed by atoms with Gasteiger partial charge in [-0.15, -0.1) is 0 Å². The second kappa shape index (κ2) is 37.1. The second-order valence-corrected chi connectivity index (χ2v) is 50.5. The Hall–Kier alpha value is -4.50. The number of anilines is 2. The SMILES string of the molecule is CC(C)(C)C1CCCCN1C(C)(C)C.CC(C)(C)C1CCCN1C(C)(C)C.CC(C)(C)C1CCc2ccccc2N1C(C)(C)C.CC(C)(C)C1Cc2ccccc2CN1C(C)(C)C.CC(C)(C)C1Cc2ccccc2N1C(C)(C)C.CC(C)(C)C1c2ccccc2CCN1C(C)(C)C.CC(C)(C)C1c2ccccc2CN1C(C)(C)C. The molecule has 5 aromatic rings. The molecule has 0 bridgehead atoms. The fraction of sp³-hybridized carbons (Fsp3) is 0.722. The van der Waals surface area contributed by atoms with Crippen molar-refractivity contribution in [3.8, 4) is 0 Å². The number of hydrogen-bond donors (Lipinski definition) is 0. The Kier molecular flexibility index (Phi) is 32.0. The molecule has 0 radical (unpaired) electrons. The molecule has 115 heavy (non-hydrogen) atoms. The highest BCUT2D eigenvalue weighted by Gasteiger charge is 2.47. The predicted octanol–water partition coefficient (Wildman–Crippen LogP) is 29.0. The normalized spacial score (nSPS) is 22.6. The van der Waals surface area contributed by atoms with E-state index in [0.29, 0.717) is 68.4 Å². The fourth-order valence-corrected chi connectivity index (χ4v) is 20.4. The van der Waals surface area contributed by atoms with E-state index < -0.39 is 0 Å². The van der Waals surface area contributed by atoms with Crippen molar-refractivity contribution in [1.29, 1.82) is 0 Å². The molecule has 2 fully saturated rings. The lowest BCUT2D eigenvalue weighted by molar-refractivity contribution is -0.00414. The molecule has 7 aliphatic heterocycles. The molecule has 7 atom stereocenters. The summed E-state index contributed by atoms with van der Waals surface area (Å²) in [7, 11) is 0. The zero-order valence-corrected chi connectivity index (χ0v) is 83.3. The van der Waals surface area contributed by atoms with E-state index in [-0.39, 0.29) is 38.5 Å². The molecule has 7 heteroatoms. The van der Waals surface area contributed by atoms with Gasteiger partial charge in [-0.1, -0.05) is 261 Å². The molecule has 0 N–H and O–H groups in total. The summed E-state index contributed by atoms with van der Waals surface area (Å²) in [6.45, 7) is 104. The first-order chi connectivity index (χ1) is 52.0. The third kappa shape index (κ3) is 26.7. The van der Waals surface area contributed by atoms with Gasteiger partial charge in [-0.2, -0.15) is 0 Å². The van der Waals surface area contributed by atoms with Gasteiger partial charge in [0, 0.05) is 112 Å². The van der Waals surface area contributed by atoms with Gasteiger partial charge >= 0.3 is 0 Å². The van der Waals surface area contributed by atoms with Crippen LogP contribution in [0.25, 0.3) is 0 Å². The molecule has 12 rings (SSSR count). The molecule has 0 aromatic heterocycles. The van der Waals surface area contributed by atoms with E-state index >= 15 is 0 Å². The monoisotopic (exact) mass is 1580 g/mol. The first kappa shape index (κ1) is 99.3. The number of para-hydroxylation sites is 2. The average Bonchev–Trinajstić information content (AvgIpc) is 1.52. The summed E-state index contributed by atoms with van der Waals surface area (Å²) < 4.78 is 0. The molecule has 7 heterocycles. The van der Waals surface area contributed by atoms with Gasteiger partial charge in [-0.25, -0.2) is 0 Å². The van der Waals surface area contributed by atoms with E-state index in [1.807, 2.05) is 0 Å². The van der Waals surface area contributed by atoms with Crippen molar-refractivity contribution in [2.24, 2.45) is 37.9 Å². The summed E-state index contributed by atoms with van der Waals surface area (Å²) in [5.41, 5.74) is 19.1. The van der Waals surface area contributed by atoms with Crippen LogP contribution in [0.15, 0.2) is 121 Å². The molecular weight excluding hydrogens is 1400 g/mol. The molecule has 2 saturated heterocycles. The van der Waals surface area contributed by atoms with E-state index in [1.54, 1.807) is 0 Å². The summed E-state index contributed by atoms with van der Waals surface area (Å²) in [6.07, 6.45) is 12.9. The maximum Gasteiger partial charge on any atom is 0.0408 e. The van der Waals surface area contributed by atoms with Crippen LogP contribution >= 0.6 is 0 Å². The Morgan fingerprint density at radius 2 is 0.539 bits per heavy atom. The number of aryl methyl sites for hydroxylation is 1. The number of likely N-dealkylation sites (tertiary alicyclic amines) is 2. The quantitative estimate of drug-likeness (QED) is 0.152. The Bertz CT molecular complexity index is 3530. The summed E-state index contributed by atoms with van der Waals surface area (Å²) in [4.78, 5) is 18.6. The van der Waals surface area contributed by atoms with Crippen LogP contribution in [0.5, 0.6) is 0 Å². The Labute approximate surface area is 713 Å². The predicted molar refractivity (Wildman–Crippen MR) is 510 cm³/mol. The first-order valence-corrected chi connectivity index (χ1v) is 45.8. The maximum atomic E-state index is 2.70. The molecule has 0 saturated carbocycles. The number of piperidine rings is 1. The largest absolute Gasteiger partial charge is 0.363 e. The van der Waals surface area contributed by atoms with Crippen LogP contribution in [0.2, 0.25) is 0 Å². The van der Waals surface area contributed by atoms with Gasteiger partial charge in [0.05, 0.1) is 0 Å². The molecule has 0 spiro atoms. The lowest BCUT2D eigenvalue weighted by Gasteiger charge is -2.52. The summed E-state index contributed by atoms with van der Waals surface area (Å²) >= 11 is 0. The molecule has 650 valence electrons. The van der Waals surface area contributed by atoms with Crippen molar-refractivity contribution in [1.82, 2.24) is 24.5 Å². The van der Waals surface area contributed by atoms with Crippen LogP contribution in [-0.2, 0) is 38.8 Å². The zero-order chi connectivity index (χ0) is 87.6. The van der Waals surface area contributed by atoms with Gasteiger partial charge in [-0.3, -0.25) is 24.5 Å². The Morgan fingerprint density at radius 1 is 0.217 bits per heavy atom. The van der Waals surface area contributed by atoms with E-state index in [1.165, 1.54) is 140 Å². The lowest BCUT2D eigenvalue weighted by atomic mass is 9.75. The van der Waals surface area contributed by atoms with Crippen LogP contribution < -0.4 is 9.80 Å². The third-order valence-corrected chi connectivity index (χ3v) is 25.9. The van der Waals surface area contributed by atoms with Gasteiger partial charge in [0.2, 0.25) is 0 Å². The molecule has 0 aliphatic carbocycles. The number of rotatable bonds is 0. The minimum absolute atomic E-state index is 0.175. The van der Waals surface area contributed by atoms with Crippen molar-refractivity contribution in [3.63, 3.8) is 0 Å².